The number of furan rings is 1. The molecule has 0 fully saturated rings. The Balaban J connectivity index is 1.64. The van der Waals surface area contributed by atoms with Crippen molar-refractivity contribution in [3.63, 3.8) is 0 Å². The van der Waals surface area contributed by atoms with Crippen molar-refractivity contribution in [3.05, 3.63) is 66.0 Å². The smallest absolute Gasteiger partial charge is 0.225 e. The van der Waals surface area contributed by atoms with Gasteiger partial charge in [-0.25, -0.2) is 9.97 Å². The van der Waals surface area contributed by atoms with E-state index in [-0.39, 0.29) is 6.04 Å². The van der Waals surface area contributed by atoms with E-state index in [1.165, 1.54) is 0 Å². The van der Waals surface area contributed by atoms with Crippen molar-refractivity contribution in [3.8, 4) is 5.82 Å². The first-order valence-electron chi connectivity index (χ1n) is 8.21. The predicted octanol–water partition coefficient (Wildman–Crippen LogP) is 4.20. The summed E-state index contributed by atoms with van der Waals surface area (Å²) in [6.45, 7) is 5.99. The summed E-state index contributed by atoms with van der Waals surface area (Å²) in [5, 5.41) is 3.35. The van der Waals surface area contributed by atoms with Crippen LogP contribution in [0.1, 0.15) is 30.0 Å². The SMILES string of the molecule is Cc1cc(C(C)Nc2nccc(-n3cnc4ccccc43)n2)c(C)o1. The number of benzene rings is 1. The van der Waals surface area contributed by atoms with Crippen LogP contribution in [0.25, 0.3) is 16.9 Å². The number of para-hydroxylation sites is 2. The Labute approximate surface area is 145 Å². The zero-order valence-electron chi connectivity index (χ0n) is 14.4. The van der Waals surface area contributed by atoms with Gasteiger partial charge in [0.25, 0.3) is 0 Å². The molecular weight excluding hydrogens is 314 g/mol. The zero-order valence-corrected chi connectivity index (χ0v) is 14.4. The first-order chi connectivity index (χ1) is 12.1. The van der Waals surface area contributed by atoms with Crippen LogP contribution in [0.4, 0.5) is 5.95 Å². The summed E-state index contributed by atoms with van der Waals surface area (Å²) in [5.74, 6) is 3.16. The van der Waals surface area contributed by atoms with Gasteiger partial charge in [0.05, 0.1) is 17.1 Å². The maximum atomic E-state index is 5.61. The van der Waals surface area contributed by atoms with Crippen LogP contribution in [0.2, 0.25) is 0 Å². The Bertz CT molecular complexity index is 1030. The summed E-state index contributed by atoms with van der Waals surface area (Å²) >= 11 is 0. The van der Waals surface area contributed by atoms with E-state index < -0.39 is 0 Å². The van der Waals surface area contributed by atoms with E-state index in [2.05, 4.69) is 27.2 Å². The van der Waals surface area contributed by atoms with Crippen LogP contribution in [0.15, 0.2) is 53.3 Å². The average Bonchev–Trinajstić information content (AvgIpc) is 3.18. The molecule has 1 unspecified atom stereocenters. The van der Waals surface area contributed by atoms with Crippen molar-refractivity contribution < 1.29 is 4.42 Å². The number of aryl methyl sites for hydroxylation is 2. The molecule has 0 aliphatic rings. The molecule has 6 heteroatoms. The molecule has 4 aromatic rings. The van der Waals surface area contributed by atoms with E-state index in [1.807, 2.05) is 54.8 Å². The standard InChI is InChI=1S/C19H19N5O/c1-12-10-15(14(3)25-12)13(2)22-19-20-9-8-18(23-19)24-11-21-16-6-4-5-7-17(16)24/h4-11,13H,1-3H3,(H,20,22,23). The maximum absolute atomic E-state index is 5.61. The third kappa shape index (κ3) is 2.87. The summed E-state index contributed by atoms with van der Waals surface area (Å²) in [6.07, 6.45) is 3.53. The van der Waals surface area contributed by atoms with E-state index in [4.69, 9.17) is 4.42 Å². The number of nitrogens with zero attached hydrogens (tertiary/aromatic N) is 4. The molecule has 25 heavy (non-hydrogen) atoms. The van der Waals surface area contributed by atoms with Crippen molar-refractivity contribution in [2.24, 2.45) is 0 Å². The third-order valence-electron chi connectivity index (χ3n) is 4.23. The van der Waals surface area contributed by atoms with E-state index in [9.17, 15) is 0 Å². The van der Waals surface area contributed by atoms with Gasteiger partial charge >= 0.3 is 0 Å². The summed E-state index contributed by atoms with van der Waals surface area (Å²) in [6, 6.07) is 11.9. The van der Waals surface area contributed by atoms with Gasteiger partial charge in [0.15, 0.2) is 0 Å². The molecule has 0 aliphatic carbocycles. The molecule has 0 radical (unpaired) electrons. The molecule has 6 nitrogen and oxygen atoms in total. The molecule has 3 heterocycles. The lowest BCUT2D eigenvalue weighted by Crippen LogP contribution is -2.10. The molecule has 0 bridgehead atoms. The fourth-order valence-corrected chi connectivity index (χ4v) is 3.05. The summed E-state index contributed by atoms with van der Waals surface area (Å²) in [7, 11) is 0. The van der Waals surface area contributed by atoms with E-state index in [0.29, 0.717) is 5.95 Å². The van der Waals surface area contributed by atoms with E-state index in [1.54, 1.807) is 12.5 Å². The van der Waals surface area contributed by atoms with Crippen molar-refractivity contribution in [2.45, 2.75) is 26.8 Å². The highest BCUT2D eigenvalue weighted by Crippen LogP contribution is 2.24. The Hall–Kier alpha value is -3.15. The van der Waals surface area contributed by atoms with Gasteiger partial charge in [-0.15, -0.1) is 0 Å². The van der Waals surface area contributed by atoms with Crippen LogP contribution in [0.5, 0.6) is 0 Å². The molecule has 1 atom stereocenters. The Morgan fingerprint density at radius 3 is 2.76 bits per heavy atom. The van der Waals surface area contributed by atoms with Gasteiger partial charge in [-0.05, 0) is 45.0 Å². The Morgan fingerprint density at radius 2 is 1.96 bits per heavy atom. The largest absolute Gasteiger partial charge is 0.466 e. The van der Waals surface area contributed by atoms with Crippen LogP contribution in [0.3, 0.4) is 0 Å². The van der Waals surface area contributed by atoms with Crippen molar-refractivity contribution >= 4 is 17.0 Å². The number of fused-ring (bicyclic) bond motifs is 1. The molecular formula is C19H19N5O. The third-order valence-corrected chi connectivity index (χ3v) is 4.23. The lowest BCUT2D eigenvalue weighted by atomic mass is 10.1. The normalized spacial score (nSPS) is 12.4. The average molecular weight is 333 g/mol. The first kappa shape index (κ1) is 15.4. The summed E-state index contributed by atoms with van der Waals surface area (Å²) in [4.78, 5) is 13.4. The lowest BCUT2D eigenvalue weighted by molar-refractivity contribution is 0.499. The number of anilines is 1. The highest BCUT2D eigenvalue weighted by Gasteiger charge is 2.14. The van der Waals surface area contributed by atoms with Crippen LogP contribution in [-0.2, 0) is 0 Å². The molecule has 1 aromatic carbocycles. The fraction of sp³-hybridized carbons (Fsp3) is 0.211. The lowest BCUT2D eigenvalue weighted by Gasteiger charge is -2.13. The maximum Gasteiger partial charge on any atom is 0.225 e. The van der Waals surface area contributed by atoms with Gasteiger partial charge in [0.2, 0.25) is 5.95 Å². The highest BCUT2D eigenvalue weighted by molar-refractivity contribution is 5.76. The first-order valence-corrected chi connectivity index (χ1v) is 8.21. The minimum absolute atomic E-state index is 0.0484. The second-order valence-electron chi connectivity index (χ2n) is 6.08. The second-order valence-corrected chi connectivity index (χ2v) is 6.08. The van der Waals surface area contributed by atoms with E-state index >= 15 is 0 Å². The van der Waals surface area contributed by atoms with Gasteiger partial charge in [-0.3, -0.25) is 4.57 Å². The van der Waals surface area contributed by atoms with Crippen LogP contribution >= 0.6 is 0 Å². The van der Waals surface area contributed by atoms with Gasteiger partial charge in [0.1, 0.15) is 23.7 Å². The van der Waals surface area contributed by atoms with Crippen molar-refractivity contribution in [2.75, 3.05) is 5.32 Å². The second kappa shape index (κ2) is 6.05. The Morgan fingerprint density at radius 1 is 1.12 bits per heavy atom. The number of aromatic nitrogens is 4. The van der Waals surface area contributed by atoms with Gasteiger partial charge in [0, 0.05) is 11.8 Å². The molecule has 3 aromatic heterocycles. The van der Waals surface area contributed by atoms with Crippen LogP contribution < -0.4 is 5.32 Å². The summed E-state index contributed by atoms with van der Waals surface area (Å²) < 4.78 is 7.57. The monoisotopic (exact) mass is 333 g/mol. The molecule has 4 rings (SSSR count). The molecule has 0 saturated heterocycles. The molecule has 0 amide bonds. The van der Waals surface area contributed by atoms with Crippen molar-refractivity contribution in [1.82, 2.24) is 19.5 Å². The van der Waals surface area contributed by atoms with Gasteiger partial charge < -0.3 is 9.73 Å². The van der Waals surface area contributed by atoms with Crippen molar-refractivity contribution in [1.29, 1.82) is 0 Å². The number of rotatable bonds is 4. The van der Waals surface area contributed by atoms with E-state index in [0.717, 1.165) is 33.9 Å². The Kier molecular flexibility index (Phi) is 3.72. The van der Waals surface area contributed by atoms with Gasteiger partial charge in [-0.1, -0.05) is 12.1 Å². The zero-order chi connectivity index (χ0) is 17.4. The molecule has 0 saturated carbocycles. The number of hydrogen-bond acceptors (Lipinski definition) is 5. The quantitative estimate of drug-likeness (QED) is 0.606. The molecule has 0 aliphatic heterocycles. The predicted molar refractivity (Wildman–Crippen MR) is 96.9 cm³/mol. The van der Waals surface area contributed by atoms with Gasteiger partial charge in [-0.2, -0.15) is 4.98 Å². The fourth-order valence-electron chi connectivity index (χ4n) is 3.05. The number of imidazole rings is 1. The minimum Gasteiger partial charge on any atom is -0.466 e. The highest BCUT2D eigenvalue weighted by atomic mass is 16.3. The molecule has 1 N–H and O–H groups in total. The van der Waals surface area contributed by atoms with Crippen LogP contribution in [-0.4, -0.2) is 19.5 Å². The topological polar surface area (TPSA) is 68.8 Å². The summed E-state index contributed by atoms with van der Waals surface area (Å²) in [5.41, 5.74) is 3.06. The minimum atomic E-state index is 0.0484. The number of nitrogens with one attached hydrogen (secondary N) is 1. The number of hydrogen-bond donors (Lipinski definition) is 1. The molecule has 0 spiro atoms. The molecule has 126 valence electrons. The van der Waals surface area contributed by atoms with Crippen LogP contribution in [0, 0.1) is 13.8 Å².